The summed E-state index contributed by atoms with van der Waals surface area (Å²) in [5.74, 6) is 0. The lowest BCUT2D eigenvalue weighted by atomic mass is 10.5. The fraction of sp³-hybridized carbons (Fsp3) is 0.500. The number of rotatable bonds is 4. The zero-order valence-electron chi connectivity index (χ0n) is 8.33. The maximum Gasteiger partial charge on any atom is 0.243 e. The molecule has 0 saturated carbocycles. The molecule has 0 amide bonds. The minimum absolute atomic E-state index is 0.392. The van der Waals surface area contributed by atoms with Crippen molar-refractivity contribution < 1.29 is 8.42 Å². The molecule has 1 heterocycles. The molecule has 0 fully saturated rings. The number of hydrogen-bond acceptors (Lipinski definition) is 3. The van der Waals surface area contributed by atoms with Gasteiger partial charge in [-0.05, 0) is 28.9 Å². The zero-order chi connectivity index (χ0) is 11.6. The van der Waals surface area contributed by atoms with Gasteiger partial charge in [0.1, 0.15) is 0 Å². The first-order valence-electron chi connectivity index (χ1n) is 4.18. The van der Waals surface area contributed by atoms with Crippen molar-refractivity contribution in [2.75, 3.05) is 18.9 Å². The van der Waals surface area contributed by atoms with Crippen LogP contribution in [0.15, 0.2) is 14.7 Å². The molecule has 7 heteroatoms. The molecule has 0 unspecified atom stereocenters. The van der Waals surface area contributed by atoms with E-state index in [1.54, 1.807) is 13.1 Å². The second kappa shape index (κ2) is 5.27. The molecule has 3 nitrogen and oxygen atoms in total. The van der Waals surface area contributed by atoms with Gasteiger partial charge in [0.05, 0.1) is 8.68 Å². The van der Waals surface area contributed by atoms with Crippen molar-refractivity contribution >= 4 is 53.2 Å². The molecule has 0 saturated heterocycles. The van der Waals surface area contributed by atoms with Gasteiger partial charge in [-0.25, -0.2) is 12.7 Å². The highest BCUT2D eigenvalue weighted by molar-refractivity contribution is 9.11. The largest absolute Gasteiger partial charge is 0.243 e. The summed E-state index contributed by atoms with van der Waals surface area (Å²) in [7, 11) is -1.74. The Morgan fingerprint density at radius 1 is 1.53 bits per heavy atom. The van der Waals surface area contributed by atoms with Gasteiger partial charge in [-0.15, -0.1) is 11.3 Å². The van der Waals surface area contributed by atoms with Crippen molar-refractivity contribution in [1.82, 2.24) is 4.31 Å². The van der Waals surface area contributed by atoms with Crippen LogP contribution in [0.25, 0.3) is 0 Å². The van der Waals surface area contributed by atoms with Crippen LogP contribution >= 0.6 is 43.2 Å². The maximum absolute atomic E-state index is 12.0. The normalized spacial score (nSPS) is 12.3. The smallest absolute Gasteiger partial charge is 0.207 e. The molecule has 0 aliphatic carbocycles. The minimum Gasteiger partial charge on any atom is -0.207 e. The molecule has 0 aliphatic rings. The van der Waals surface area contributed by atoms with Gasteiger partial charge in [0, 0.05) is 23.8 Å². The van der Waals surface area contributed by atoms with Crippen LogP contribution in [0.1, 0.15) is 4.88 Å². The summed E-state index contributed by atoms with van der Waals surface area (Å²) < 4.78 is 26.3. The summed E-state index contributed by atoms with van der Waals surface area (Å²) in [6, 6.07) is 1.65. The highest BCUT2D eigenvalue weighted by Gasteiger charge is 2.23. The molecule has 1 aromatic heterocycles. The first-order valence-corrected chi connectivity index (χ1v) is 8.35. The molecule has 0 atom stereocenters. The van der Waals surface area contributed by atoms with Gasteiger partial charge >= 0.3 is 0 Å². The Labute approximate surface area is 111 Å². The average molecular weight is 377 g/mol. The topological polar surface area (TPSA) is 37.4 Å². The summed E-state index contributed by atoms with van der Waals surface area (Å²) in [6.45, 7) is 2.28. The van der Waals surface area contributed by atoms with Crippen LogP contribution in [0, 0.1) is 6.92 Å². The molecule has 1 aromatic rings. The molecule has 0 bridgehead atoms. The number of nitrogens with zero attached hydrogens (tertiary/aromatic N) is 1. The number of halogens is 2. The van der Waals surface area contributed by atoms with E-state index >= 15 is 0 Å². The third-order valence-corrected chi connectivity index (χ3v) is 5.95. The predicted molar refractivity (Wildman–Crippen MR) is 70.4 cm³/mol. The minimum atomic E-state index is -3.33. The van der Waals surface area contributed by atoms with Gasteiger partial charge in [0.25, 0.3) is 0 Å². The van der Waals surface area contributed by atoms with Crippen molar-refractivity contribution in [2.24, 2.45) is 0 Å². The number of thiophene rings is 1. The number of alkyl halides is 1. The third-order valence-electron chi connectivity index (χ3n) is 1.93. The molecule has 1 rings (SSSR count). The van der Waals surface area contributed by atoms with E-state index in [4.69, 9.17) is 0 Å². The first-order chi connectivity index (χ1) is 6.89. The van der Waals surface area contributed by atoms with Gasteiger partial charge in [-0.1, -0.05) is 15.9 Å². The second-order valence-electron chi connectivity index (χ2n) is 2.99. The Morgan fingerprint density at radius 2 is 2.13 bits per heavy atom. The van der Waals surface area contributed by atoms with E-state index in [1.165, 1.54) is 15.6 Å². The molecule has 0 N–H and O–H groups in total. The molecule has 0 aliphatic heterocycles. The monoisotopic (exact) mass is 375 g/mol. The van der Waals surface area contributed by atoms with E-state index in [-0.39, 0.29) is 0 Å². The van der Waals surface area contributed by atoms with Crippen molar-refractivity contribution in [3.05, 3.63) is 14.7 Å². The summed E-state index contributed by atoms with van der Waals surface area (Å²) in [5.41, 5.74) is 0. The fourth-order valence-corrected chi connectivity index (χ4v) is 5.41. The molecule has 0 spiro atoms. The Morgan fingerprint density at radius 3 is 2.53 bits per heavy atom. The van der Waals surface area contributed by atoms with Crippen molar-refractivity contribution in [3.8, 4) is 0 Å². The summed E-state index contributed by atoms with van der Waals surface area (Å²) in [4.78, 5) is 1.20. The highest BCUT2D eigenvalue weighted by atomic mass is 79.9. The van der Waals surface area contributed by atoms with Crippen molar-refractivity contribution in [2.45, 2.75) is 11.8 Å². The van der Waals surface area contributed by atoms with E-state index in [0.717, 1.165) is 8.66 Å². The quantitative estimate of drug-likeness (QED) is 0.757. The van der Waals surface area contributed by atoms with E-state index in [2.05, 4.69) is 31.9 Å². The molecule has 15 heavy (non-hydrogen) atoms. The standard InChI is InChI=1S/C8H11Br2NO2S2/c1-6-7(5-8(10)14-6)15(12,13)11(2)4-3-9/h5H,3-4H2,1-2H3. The van der Waals surface area contributed by atoms with Crippen LogP contribution in [0.4, 0.5) is 0 Å². The maximum atomic E-state index is 12.0. The van der Waals surface area contributed by atoms with Crippen LogP contribution in [0.2, 0.25) is 0 Å². The zero-order valence-corrected chi connectivity index (χ0v) is 13.1. The van der Waals surface area contributed by atoms with E-state index in [1.807, 2.05) is 6.92 Å². The number of sulfonamides is 1. The lowest BCUT2D eigenvalue weighted by Gasteiger charge is -2.15. The van der Waals surface area contributed by atoms with Gasteiger partial charge in [-0.2, -0.15) is 0 Å². The lowest BCUT2D eigenvalue weighted by Crippen LogP contribution is -2.28. The van der Waals surface area contributed by atoms with Gasteiger partial charge in [0.2, 0.25) is 10.0 Å². The van der Waals surface area contributed by atoms with Gasteiger partial charge in [0.15, 0.2) is 0 Å². The van der Waals surface area contributed by atoms with E-state index in [9.17, 15) is 8.42 Å². The molecule has 86 valence electrons. The number of aryl methyl sites for hydroxylation is 1. The van der Waals surface area contributed by atoms with Gasteiger partial charge in [-0.3, -0.25) is 0 Å². The molecular weight excluding hydrogens is 366 g/mol. The Bertz CT molecular complexity index is 441. The first kappa shape index (κ1) is 13.6. The average Bonchev–Trinajstić information content (AvgIpc) is 2.46. The Hall–Kier alpha value is 0.570. The van der Waals surface area contributed by atoms with Crippen molar-refractivity contribution in [3.63, 3.8) is 0 Å². The highest BCUT2D eigenvalue weighted by Crippen LogP contribution is 2.31. The van der Waals surface area contributed by atoms with Crippen LogP contribution in [0.5, 0.6) is 0 Å². The van der Waals surface area contributed by atoms with Crippen LogP contribution < -0.4 is 0 Å². The Balaban J connectivity index is 3.11. The predicted octanol–water partition coefficient (Wildman–Crippen LogP) is 2.83. The summed E-state index contributed by atoms with van der Waals surface area (Å²) >= 11 is 7.95. The van der Waals surface area contributed by atoms with E-state index in [0.29, 0.717) is 16.8 Å². The van der Waals surface area contributed by atoms with Crippen LogP contribution in [-0.4, -0.2) is 31.6 Å². The molecule has 0 radical (unpaired) electrons. The second-order valence-corrected chi connectivity index (χ2v) is 8.43. The third kappa shape index (κ3) is 3.03. The van der Waals surface area contributed by atoms with Crippen molar-refractivity contribution in [1.29, 1.82) is 0 Å². The van der Waals surface area contributed by atoms with Crippen LogP contribution in [-0.2, 0) is 10.0 Å². The molecular formula is C8H11Br2NO2S2. The summed E-state index contributed by atoms with van der Waals surface area (Å²) in [6.07, 6.45) is 0. The van der Waals surface area contributed by atoms with E-state index < -0.39 is 10.0 Å². The fourth-order valence-electron chi connectivity index (χ4n) is 1.09. The van der Waals surface area contributed by atoms with Gasteiger partial charge < -0.3 is 0 Å². The summed E-state index contributed by atoms with van der Waals surface area (Å²) in [5, 5.41) is 0.632. The lowest BCUT2D eigenvalue weighted by molar-refractivity contribution is 0.489. The Kier molecular flexibility index (Phi) is 4.79. The number of hydrogen-bond donors (Lipinski definition) is 0. The van der Waals surface area contributed by atoms with Crippen LogP contribution in [0.3, 0.4) is 0 Å². The SMILES string of the molecule is Cc1sc(Br)cc1S(=O)(=O)N(C)CCBr. The molecule has 0 aromatic carbocycles.